The molecule has 0 spiro atoms. The Hall–Kier alpha value is -2.69. The predicted molar refractivity (Wildman–Crippen MR) is 86.8 cm³/mol. The van der Waals surface area contributed by atoms with Crippen LogP contribution in [0.25, 0.3) is 0 Å². The number of para-hydroxylation sites is 1. The molecule has 1 atom stereocenters. The van der Waals surface area contributed by atoms with E-state index in [4.69, 9.17) is 0 Å². The number of nitrogens with one attached hydrogen (secondary N) is 1. The number of benzene rings is 2. The van der Waals surface area contributed by atoms with E-state index in [1.165, 1.54) is 11.0 Å². The number of anilines is 2. The van der Waals surface area contributed by atoms with Crippen LogP contribution in [-0.2, 0) is 9.59 Å². The van der Waals surface area contributed by atoms with Crippen molar-refractivity contribution in [3.05, 3.63) is 59.4 Å². The molecule has 0 saturated carbocycles. The van der Waals surface area contributed by atoms with Crippen molar-refractivity contribution < 1.29 is 14.0 Å². The van der Waals surface area contributed by atoms with Gasteiger partial charge in [0.15, 0.2) is 0 Å². The second-order valence-corrected chi connectivity index (χ2v) is 5.72. The Balaban J connectivity index is 1.85. The van der Waals surface area contributed by atoms with Crippen molar-refractivity contribution in [2.75, 3.05) is 10.2 Å². The maximum atomic E-state index is 13.7. The molecule has 23 heavy (non-hydrogen) atoms. The van der Waals surface area contributed by atoms with E-state index in [1.54, 1.807) is 24.3 Å². The molecule has 1 unspecified atom stereocenters. The van der Waals surface area contributed by atoms with E-state index in [0.717, 1.165) is 11.1 Å². The summed E-state index contributed by atoms with van der Waals surface area (Å²) in [7, 11) is 0. The highest BCUT2D eigenvalue weighted by molar-refractivity contribution is 6.23. The fraction of sp³-hybridized carbons (Fsp3) is 0.222. The molecule has 3 rings (SSSR count). The van der Waals surface area contributed by atoms with Crippen LogP contribution in [0, 0.1) is 19.7 Å². The third-order valence-electron chi connectivity index (χ3n) is 4.10. The number of aryl methyl sites for hydroxylation is 2. The average Bonchev–Trinajstić information content (AvgIpc) is 2.79. The van der Waals surface area contributed by atoms with Crippen molar-refractivity contribution >= 4 is 23.2 Å². The van der Waals surface area contributed by atoms with Gasteiger partial charge in [-0.15, -0.1) is 0 Å². The van der Waals surface area contributed by atoms with Gasteiger partial charge in [-0.25, -0.2) is 9.29 Å². The Morgan fingerprint density at radius 2 is 1.83 bits per heavy atom. The van der Waals surface area contributed by atoms with E-state index >= 15 is 0 Å². The Morgan fingerprint density at radius 3 is 2.52 bits per heavy atom. The van der Waals surface area contributed by atoms with Gasteiger partial charge in [-0.05, 0) is 49.2 Å². The predicted octanol–water partition coefficient (Wildman–Crippen LogP) is 3.19. The Bertz CT molecular complexity index is 788. The second kappa shape index (κ2) is 5.83. The minimum Gasteiger partial charge on any atom is -0.371 e. The molecule has 1 aliphatic rings. The summed E-state index contributed by atoms with van der Waals surface area (Å²) in [5, 5.41) is 2.83. The topological polar surface area (TPSA) is 49.4 Å². The normalized spacial score (nSPS) is 17.7. The van der Waals surface area contributed by atoms with E-state index < -0.39 is 11.9 Å². The van der Waals surface area contributed by atoms with Crippen LogP contribution in [0.4, 0.5) is 15.8 Å². The van der Waals surface area contributed by atoms with Crippen molar-refractivity contribution in [1.82, 2.24) is 0 Å². The maximum absolute atomic E-state index is 13.7. The summed E-state index contributed by atoms with van der Waals surface area (Å²) in [5.41, 5.74) is 2.88. The highest BCUT2D eigenvalue weighted by Crippen LogP contribution is 2.27. The van der Waals surface area contributed by atoms with Crippen LogP contribution >= 0.6 is 0 Å². The Kier molecular flexibility index (Phi) is 3.86. The third-order valence-corrected chi connectivity index (χ3v) is 4.10. The van der Waals surface area contributed by atoms with Crippen molar-refractivity contribution in [3.63, 3.8) is 0 Å². The van der Waals surface area contributed by atoms with Crippen molar-refractivity contribution in [1.29, 1.82) is 0 Å². The maximum Gasteiger partial charge on any atom is 0.256 e. The van der Waals surface area contributed by atoms with Crippen LogP contribution in [0.2, 0.25) is 0 Å². The summed E-state index contributed by atoms with van der Waals surface area (Å²) in [6.07, 6.45) is 0.0140. The van der Waals surface area contributed by atoms with Gasteiger partial charge in [0.2, 0.25) is 5.91 Å². The molecule has 2 amide bonds. The van der Waals surface area contributed by atoms with Crippen LogP contribution in [0.1, 0.15) is 17.5 Å². The Morgan fingerprint density at radius 1 is 1.09 bits per heavy atom. The highest BCUT2D eigenvalue weighted by Gasteiger charge is 2.39. The lowest BCUT2D eigenvalue weighted by molar-refractivity contribution is -0.121. The molecular weight excluding hydrogens is 295 g/mol. The molecule has 4 nitrogen and oxygen atoms in total. The summed E-state index contributed by atoms with van der Waals surface area (Å²) in [6, 6.07) is 10.8. The molecule has 0 aromatic heterocycles. The number of hydrogen-bond acceptors (Lipinski definition) is 3. The molecule has 1 fully saturated rings. The molecule has 2 aromatic carbocycles. The molecule has 1 saturated heterocycles. The Labute approximate surface area is 133 Å². The van der Waals surface area contributed by atoms with Gasteiger partial charge in [-0.3, -0.25) is 9.59 Å². The number of nitrogens with zero attached hydrogens (tertiary/aromatic N) is 1. The van der Waals surface area contributed by atoms with Gasteiger partial charge in [0.1, 0.15) is 11.9 Å². The first-order chi connectivity index (χ1) is 11.0. The first-order valence-electron chi connectivity index (χ1n) is 7.42. The molecule has 1 heterocycles. The molecule has 0 radical (unpaired) electrons. The molecule has 118 valence electrons. The van der Waals surface area contributed by atoms with E-state index in [9.17, 15) is 14.0 Å². The van der Waals surface area contributed by atoms with Gasteiger partial charge < -0.3 is 5.32 Å². The van der Waals surface area contributed by atoms with Crippen LogP contribution in [-0.4, -0.2) is 17.9 Å². The van der Waals surface area contributed by atoms with Crippen LogP contribution in [0.15, 0.2) is 42.5 Å². The quantitative estimate of drug-likeness (QED) is 0.886. The second-order valence-electron chi connectivity index (χ2n) is 5.72. The first-order valence-corrected chi connectivity index (χ1v) is 7.42. The smallest absolute Gasteiger partial charge is 0.256 e. The fourth-order valence-corrected chi connectivity index (χ4v) is 2.65. The van der Waals surface area contributed by atoms with Gasteiger partial charge in [0.25, 0.3) is 5.91 Å². The summed E-state index contributed by atoms with van der Waals surface area (Å²) >= 11 is 0. The molecule has 5 heteroatoms. The molecule has 0 bridgehead atoms. The zero-order valence-electron chi connectivity index (χ0n) is 13.0. The largest absolute Gasteiger partial charge is 0.371 e. The van der Waals surface area contributed by atoms with Gasteiger partial charge in [0.05, 0.1) is 17.8 Å². The van der Waals surface area contributed by atoms with E-state index in [2.05, 4.69) is 5.32 Å². The van der Waals surface area contributed by atoms with Gasteiger partial charge in [-0.2, -0.15) is 0 Å². The third kappa shape index (κ3) is 2.82. The van der Waals surface area contributed by atoms with Crippen LogP contribution in [0.5, 0.6) is 0 Å². The molecule has 1 aliphatic heterocycles. The monoisotopic (exact) mass is 312 g/mol. The van der Waals surface area contributed by atoms with Gasteiger partial charge >= 0.3 is 0 Å². The fourth-order valence-electron chi connectivity index (χ4n) is 2.65. The summed E-state index contributed by atoms with van der Waals surface area (Å²) in [4.78, 5) is 26.0. The molecule has 1 N–H and O–H groups in total. The lowest BCUT2D eigenvalue weighted by atomic mass is 10.1. The number of rotatable bonds is 3. The standard InChI is InChI=1S/C18H17FN2O2/c1-11-7-8-13(9-12(11)2)21-17(22)10-16(18(21)23)20-15-6-4-3-5-14(15)19/h3-9,16,20H,10H2,1-2H3. The van der Waals surface area contributed by atoms with Crippen LogP contribution in [0.3, 0.4) is 0 Å². The zero-order valence-corrected chi connectivity index (χ0v) is 13.0. The lowest BCUT2D eigenvalue weighted by Crippen LogP contribution is -2.35. The van der Waals surface area contributed by atoms with E-state index in [1.807, 2.05) is 26.0 Å². The molecule has 0 aliphatic carbocycles. The molecular formula is C18H17FN2O2. The van der Waals surface area contributed by atoms with E-state index in [0.29, 0.717) is 5.69 Å². The number of imide groups is 1. The van der Waals surface area contributed by atoms with Crippen molar-refractivity contribution in [3.8, 4) is 0 Å². The summed E-state index contributed by atoms with van der Waals surface area (Å²) in [5.74, 6) is -1.09. The number of hydrogen-bond donors (Lipinski definition) is 1. The first kappa shape index (κ1) is 15.2. The number of halogens is 1. The van der Waals surface area contributed by atoms with Crippen LogP contribution < -0.4 is 10.2 Å². The highest BCUT2D eigenvalue weighted by atomic mass is 19.1. The number of carbonyl (C=O) groups excluding carboxylic acids is 2. The average molecular weight is 312 g/mol. The van der Waals surface area contributed by atoms with Gasteiger partial charge in [0, 0.05) is 0 Å². The molecule has 2 aromatic rings. The summed E-state index contributed by atoms with van der Waals surface area (Å²) < 4.78 is 13.7. The van der Waals surface area contributed by atoms with E-state index in [-0.39, 0.29) is 23.9 Å². The van der Waals surface area contributed by atoms with Crippen molar-refractivity contribution in [2.45, 2.75) is 26.3 Å². The zero-order chi connectivity index (χ0) is 16.6. The minimum absolute atomic E-state index is 0.0140. The summed E-state index contributed by atoms with van der Waals surface area (Å²) in [6.45, 7) is 3.90. The van der Waals surface area contributed by atoms with Gasteiger partial charge in [-0.1, -0.05) is 18.2 Å². The number of carbonyl (C=O) groups is 2. The van der Waals surface area contributed by atoms with Crippen molar-refractivity contribution in [2.24, 2.45) is 0 Å². The lowest BCUT2D eigenvalue weighted by Gasteiger charge is -2.17. The SMILES string of the molecule is Cc1ccc(N2C(=O)CC(Nc3ccccc3F)C2=O)cc1C. The number of amides is 2. The minimum atomic E-state index is -0.749.